The van der Waals surface area contributed by atoms with Crippen LogP contribution in [0.1, 0.15) is 39.2 Å². The number of nitrogens with one attached hydrogen (secondary N) is 2. The summed E-state index contributed by atoms with van der Waals surface area (Å²) in [5, 5.41) is 6.84. The first-order valence-corrected chi connectivity index (χ1v) is 7.22. The lowest BCUT2D eigenvalue weighted by Crippen LogP contribution is -2.28. The van der Waals surface area contributed by atoms with E-state index in [9.17, 15) is 0 Å². The Bertz CT molecular complexity index is 410. The Morgan fingerprint density at radius 2 is 2.11 bits per heavy atom. The largest absolute Gasteiger partial charge is 0.376 e. The topological polar surface area (TPSA) is 59.1 Å². The second-order valence-corrected chi connectivity index (χ2v) is 4.95. The minimum absolute atomic E-state index is 0.243. The fraction of sp³-hybridized carbons (Fsp3) is 0.714. The highest BCUT2D eigenvalue weighted by atomic mass is 16.5. The van der Waals surface area contributed by atoms with Gasteiger partial charge >= 0.3 is 0 Å². The van der Waals surface area contributed by atoms with Gasteiger partial charge in [0.2, 0.25) is 0 Å². The van der Waals surface area contributed by atoms with Gasteiger partial charge in [-0.25, -0.2) is 9.97 Å². The summed E-state index contributed by atoms with van der Waals surface area (Å²) < 4.78 is 5.59. The average molecular weight is 264 g/mol. The van der Waals surface area contributed by atoms with Gasteiger partial charge in [0.1, 0.15) is 18.0 Å². The van der Waals surface area contributed by atoms with E-state index in [0.717, 1.165) is 44.0 Å². The van der Waals surface area contributed by atoms with Gasteiger partial charge < -0.3 is 15.4 Å². The Morgan fingerprint density at radius 1 is 1.32 bits per heavy atom. The first-order chi connectivity index (χ1) is 9.26. The second-order valence-electron chi connectivity index (χ2n) is 4.95. The van der Waals surface area contributed by atoms with E-state index >= 15 is 0 Å². The highest BCUT2D eigenvalue weighted by Crippen LogP contribution is 2.25. The van der Waals surface area contributed by atoms with Crippen molar-refractivity contribution in [2.45, 2.75) is 52.2 Å². The number of ether oxygens (including phenoxy) is 1. The molecule has 0 amide bonds. The van der Waals surface area contributed by atoms with Crippen LogP contribution in [0, 0.1) is 0 Å². The van der Waals surface area contributed by atoms with Crippen molar-refractivity contribution >= 4 is 11.6 Å². The van der Waals surface area contributed by atoms with Crippen LogP contribution >= 0.6 is 0 Å². The van der Waals surface area contributed by atoms with Crippen LogP contribution in [-0.2, 0) is 11.2 Å². The number of hydrogen-bond donors (Lipinski definition) is 2. The molecule has 2 heterocycles. The predicted octanol–water partition coefficient (Wildman–Crippen LogP) is 2.45. The fourth-order valence-corrected chi connectivity index (χ4v) is 2.44. The molecule has 0 aliphatic carbocycles. The molecule has 0 aromatic carbocycles. The fourth-order valence-electron chi connectivity index (χ4n) is 2.44. The minimum atomic E-state index is 0.243. The highest BCUT2D eigenvalue weighted by Gasteiger charge is 2.25. The summed E-state index contributed by atoms with van der Waals surface area (Å²) in [4.78, 5) is 8.77. The van der Waals surface area contributed by atoms with Crippen LogP contribution in [-0.4, -0.2) is 35.3 Å². The normalized spacial score (nSPS) is 22.5. The van der Waals surface area contributed by atoms with Gasteiger partial charge in [0.15, 0.2) is 0 Å². The predicted molar refractivity (Wildman–Crippen MR) is 77.6 cm³/mol. The molecule has 19 heavy (non-hydrogen) atoms. The Morgan fingerprint density at radius 3 is 2.74 bits per heavy atom. The zero-order valence-corrected chi connectivity index (χ0v) is 12.1. The van der Waals surface area contributed by atoms with Crippen molar-refractivity contribution in [2.24, 2.45) is 0 Å². The molecule has 106 valence electrons. The molecule has 0 bridgehead atoms. The molecule has 2 atom stereocenters. The Kier molecular flexibility index (Phi) is 4.96. The molecule has 5 nitrogen and oxygen atoms in total. The zero-order chi connectivity index (χ0) is 13.7. The van der Waals surface area contributed by atoms with E-state index < -0.39 is 0 Å². The number of nitrogens with zero attached hydrogens (tertiary/aromatic N) is 2. The maximum Gasteiger partial charge on any atom is 0.135 e. The third kappa shape index (κ3) is 3.35. The van der Waals surface area contributed by atoms with E-state index in [1.165, 1.54) is 5.56 Å². The van der Waals surface area contributed by atoms with Crippen LogP contribution < -0.4 is 10.6 Å². The SMILES string of the molecule is CCCc1c(NCC)ncnc1NC1CCOC1C. The standard InChI is InChI=1S/C14H24N4O/c1-4-6-11-13(15-5-2)16-9-17-14(11)18-12-7-8-19-10(12)3/h9-10,12H,4-8H2,1-3H3,(H2,15,16,17,18). The number of anilines is 2. The molecule has 2 unspecified atom stereocenters. The lowest BCUT2D eigenvalue weighted by atomic mass is 10.1. The lowest BCUT2D eigenvalue weighted by molar-refractivity contribution is 0.121. The minimum Gasteiger partial charge on any atom is -0.376 e. The van der Waals surface area contributed by atoms with Gasteiger partial charge in [0.25, 0.3) is 0 Å². The molecule has 1 fully saturated rings. The molecular weight excluding hydrogens is 240 g/mol. The summed E-state index contributed by atoms with van der Waals surface area (Å²) in [7, 11) is 0. The van der Waals surface area contributed by atoms with Crippen molar-refractivity contribution < 1.29 is 4.74 Å². The molecule has 0 saturated carbocycles. The lowest BCUT2D eigenvalue weighted by Gasteiger charge is -2.20. The van der Waals surface area contributed by atoms with Gasteiger partial charge in [-0.15, -0.1) is 0 Å². The molecule has 1 aromatic heterocycles. The van der Waals surface area contributed by atoms with E-state index in [1.807, 2.05) is 0 Å². The summed E-state index contributed by atoms with van der Waals surface area (Å²) in [6.45, 7) is 8.06. The van der Waals surface area contributed by atoms with Gasteiger partial charge in [-0.2, -0.15) is 0 Å². The van der Waals surface area contributed by atoms with Crippen molar-refractivity contribution in [1.29, 1.82) is 0 Å². The maximum absolute atomic E-state index is 5.59. The van der Waals surface area contributed by atoms with Crippen molar-refractivity contribution in [3.05, 3.63) is 11.9 Å². The van der Waals surface area contributed by atoms with Crippen LogP contribution in [0.15, 0.2) is 6.33 Å². The van der Waals surface area contributed by atoms with Gasteiger partial charge in [0.05, 0.1) is 12.1 Å². The third-order valence-corrected chi connectivity index (χ3v) is 3.49. The summed E-state index contributed by atoms with van der Waals surface area (Å²) >= 11 is 0. The molecular formula is C14H24N4O. The number of aromatic nitrogens is 2. The number of hydrogen-bond acceptors (Lipinski definition) is 5. The van der Waals surface area contributed by atoms with Gasteiger partial charge in [-0.1, -0.05) is 13.3 Å². The first-order valence-electron chi connectivity index (χ1n) is 7.22. The van der Waals surface area contributed by atoms with Crippen LogP contribution in [0.25, 0.3) is 0 Å². The zero-order valence-electron chi connectivity index (χ0n) is 12.1. The third-order valence-electron chi connectivity index (χ3n) is 3.49. The van der Waals surface area contributed by atoms with E-state index in [0.29, 0.717) is 6.04 Å². The monoisotopic (exact) mass is 264 g/mol. The van der Waals surface area contributed by atoms with Crippen LogP contribution in [0.4, 0.5) is 11.6 Å². The second kappa shape index (κ2) is 6.70. The highest BCUT2D eigenvalue weighted by molar-refractivity contribution is 5.58. The van der Waals surface area contributed by atoms with Gasteiger partial charge in [0, 0.05) is 18.7 Å². The molecule has 5 heteroatoms. The first kappa shape index (κ1) is 14.1. The van der Waals surface area contributed by atoms with Crippen LogP contribution in [0.5, 0.6) is 0 Å². The van der Waals surface area contributed by atoms with E-state index in [1.54, 1.807) is 6.33 Å². The molecule has 1 aliphatic heterocycles. The molecule has 0 radical (unpaired) electrons. The molecule has 2 N–H and O–H groups in total. The Hall–Kier alpha value is -1.36. The summed E-state index contributed by atoms with van der Waals surface area (Å²) in [5.74, 6) is 1.91. The van der Waals surface area contributed by atoms with Gasteiger partial charge in [-0.05, 0) is 26.7 Å². The molecule has 1 aromatic rings. The smallest absolute Gasteiger partial charge is 0.135 e. The molecule has 1 saturated heterocycles. The summed E-state index contributed by atoms with van der Waals surface area (Å²) in [6, 6.07) is 0.347. The van der Waals surface area contributed by atoms with Crippen LogP contribution in [0.3, 0.4) is 0 Å². The maximum atomic E-state index is 5.59. The average Bonchev–Trinajstić information content (AvgIpc) is 2.79. The van der Waals surface area contributed by atoms with E-state index in [2.05, 4.69) is 41.4 Å². The van der Waals surface area contributed by atoms with Crippen molar-refractivity contribution in [1.82, 2.24) is 9.97 Å². The molecule has 2 rings (SSSR count). The summed E-state index contributed by atoms with van der Waals surface area (Å²) in [6.07, 6.45) is 4.96. The van der Waals surface area contributed by atoms with Crippen molar-refractivity contribution in [3.63, 3.8) is 0 Å². The van der Waals surface area contributed by atoms with Crippen molar-refractivity contribution in [3.8, 4) is 0 Å². The quantitative estimate of drug-likeness (QED) is 0.826. The molecule has 0 spiro atoms. The molecule has 1 aliphatic rings. The van der Waals surface area contributed by atoms with Crippen molar-refractivity contribution in [2.75, 3.05) is 23.8 Å². The van der Waals surface area contributed by atoms with Crippen LogP contribution in [0.2, 0.25) is 0 Å². The Labute approximate surface area is 115 Å². The number of rotatable bonds is 6. The summed E-state index contributed by atoms with van der Waals surface area (Å²) in [5.41, 5.74) is 1.19. The Balaban J connectivity index is 2.20. The van der Waals surface area contributed by atoms with E-state index in [-0.39, 0.29) is 6.10 Å². The van der Waals surface area contributed by atoms with E-state index in [4.69, 9.17) is 4.74 Å². The van der Waals surface area contributed by atoms with Gasteiger partial charge in [-0.3, -0.25) is 0 Å².